The first kappa shape index (κ1) is 29.7. The SMILES string of the molecule is COc1ccc(COc2cc(Cc3cccnc3)cc(-c3cccc4c3ccn4[Si](C(C)C)(C(C)C)C(C)C)c2)cc1. The Labute approximate surface area is 252 Å². The summed E-state index contributed by atoms with van der Waals surface area (Å²) in [6, 6.07) is 28.0. The summed E-state index contributed by atoms with van der Waals surface area (Å²) in [5.41, 5.74) is 9.12. The van der Waals surface area contributed by atoms with Crippen LogP contribution in [0, 0.1) is 0 Å². The lowest BCUT2D eigenvalue weighted by Crippen LogP contribution is -2.51. The number of ether oxygens (including phenoxy) is 2. The number of aromatic nitrogens is 2. The van der Waals surface area contributed by atoms with Gasteiger partial charge in [0.2, 0.25) is 0 Å². The van der Waals surface area contributed by atoms with Gasteiger partial charge in [0.05, 0.1) is 7.11 Å². The summed E-state index contributed by atoms with van der Waals surface area (Å²) in [5, 5.41) is 1.30. The normalized spacial score (nSPS) is 12.0. The van der Waals surface area contributed by atoms with Crippen molar-refractivity contribution in [2.45, 2.75) is 71.2 Å². The summed E-state index contributed by atoms with van der Waals surface area (Å²) < 4.78 is 14.4. The highest BCUT2D eigenvalue weighted by molar-refractivity contribution is 6.82. The van der Waals surface area contributed by atoms with Crippen molar-refractivity contribution >= 4 is 19.1 Å². The number of nitrogens with zero attached hydrogens (tertiary/aromatic N) is 2. The van der Waals surface area contributed by atoms with Crippen molar-refractivity contribution < 1.29 is 9.47 Å². The molecule has 0 spiro atoms. The number of hydrogen-bond donors (Lipinski definition) is 0. The van der Waals surface area contributed by atoms with E-state index in [-0.39, 0.29) is 0 Å². The Balaban J connectivity index is 1.59. The van der Waals surface area contributed by atoms with Crippen LogP contribution in [0.25, 0.3) is 22.0 Å². The minimum absolute atomic E-state index is 0.492. The summed E-state index contributed by atoms with van der Waals surface area (Å²) in [6.07, 6.45) is 6.94. The van der Waals surface area contributed by atoms with E-state index in [9.17, 15) is 0 Å². The van der Waals surface area contributed by atoms with Crippen LogP contribution in [-0.2, 0) is 13.0 Å². The predicted octanol–water partition coefficient (Wildman–Crippen LogP) is 9.91. The van der Waals surface area contributed by atoms with Crippen LogP contribution in [0.4, 0.5) is 0 Å². The molecule has 5 heteroatoms. The maximum Gasteiger partial charge on any atom is 0.169 e. The second-order valence-electron chi connectivity index (χ2n) is 12.3. The van der Waals surface area contributed by atoms with Crippen LogP contribution in [0.1, 0.15) is 58.2 Å². The van der Waals surface area contributed by atoms with Gasteiger partial charge in [-0.3, -0.25) is 4.98 Å². The number of hydrogen-bond acceptors (Lipinski definition) is 3. The van der Waals surface area contributed by atoms with Crippen LogP contribution in [0.3, 0.4) is 0 Å². The van der Waals surface area contributed by atoms with E-state index in [2.05, 4.69) is 118 Å². The van der Waals surface area contributed by atoms with Crippen LogP contribution < -0.4 is 9.47 Å². The highest BCUT2D eigenvalue weighted by Gasteiger charge is 2.45. The van der Waals surface area contributed by atoms with Crippen molar-refractivity contribution in [1.29, 1.82) is 0 Å². The van der Waals surface area contributed by atoms with Crippen molar-refractivity contribution in [1.82, 2.24) is 9.22 Å². The molecule has 0 bridgehead atoms. The summed E-state index contributed by atoms with van der Waals surface area (Å²) >= 11 is 0. The Bertz CT molecular complexity index is 1600. The zero-order valence-electron chi connectivity index (χ0n) is 26.1. The molecule has 5 rings (SSSR count). The molecule has 0 fully saturated rings. The Hall–Kier alpha value is -3.83. The fraction of sp³-hybridized carbons (Fsp3) is 0.324. The maximum absolute atomic E-state index is 6.42. The van der Waals surface area contributed by atoms with Crippen molar-refractivity contribution in [3.05, 3.63) is 114 Å². The molecule has 0 amide bonds. The highest BCUT2D eigenvalue weighted by Crippen LogP contribution is 2.45. The number of pyridine rings is 1. The van der Waals surface area contributed by atoms with Gasteiger partial charge in [0, 0.05) is 23.3 Å². The molecule has 2 heterocycles. The largest absolute Gasteiger partial charge is 0.497 e. The summed E-state index contributed by atoms with van der Waals surface area (Å²) in [5.74, 6) is 1.72. The number of methoxy groups -OCH3 is 1. The molecule has 218 valence electrons. The Kier molecular flexibility index (Phi) is 8.88. The van der Waals surface area contributed by atoms with E-state index in [0.717, 1.165) is 23.5 Å². The smallest absolute Gasteiger partial charge is 0.169 e. The standard InChI is InChI=1S/C37H44N2O2Si/c1-26(2)42(27(3)4,28(5)6)39-19-17-36-35(11-8-12-37(36)39)32-21-31(20-30-10-9-18-38-24-30)22-34(23-32)41-25-29-13-15-33(40-7)16-14-29/h8-19,21-24,26-28H,20,25H2,1-7H3. The lowest BCUT2D eigenvalue weighted by molar-refractivity contribution is 0.306. The first-order chi connectivity index (χ1) is 20.2. The fourth-order valence-corrected chi connectivity index (χ4v) is 13.8. The van der Waals surface area contributed by atoms with E-state index >= 15 is 0 Å². The Morgan fingerprint density at radius 2 is 1.48 bits per heavy atom. The van der Waals surface area contributed by atoms with Crippen molar-refractivity contribution in [3.63, 3.8) is 0 Å². The topological polar surface area (TPSA) is 36.3 Å². The molecular formula is C37H44N2O2Si. The zero-order valence-corrected chi connectivity index (χ0v) is 27.1. The molecule has 3 aromatic carbocycles. The van der Waals surface area contributed by atoms with Gasteiger partial charge >= 0.3 is 0 Å². The van der Waals surface area contributed by atoms with Crippen molar-refractivity contribution in [2.24, 2.45) is 0 Å². The molecule has 0 atom stereocenters. The van der Waals surface area contributed by atoms with Gasteiger partial charge in [-0.25, -0.2) is 0 Å². The fourth-order valence-electron chi connectivity index (χ4n) is 7.22. The average molecular weight is 577 g/mol. The van der Waals surface area contributed by atoms with Crippen molar-refractivity contribution in [2.75, 3.05) is 7.11 Å². The summed E-state index contributed by atoms with van der Waals surface area (Å²) in [7, 11) is -0.207. The Morgan fingerprint density at radius 1 is 0.738 bits per heavy atom. The van der Waals surface area contributed by atoms with E-state index in [1.54, 1.807) is 7.11 Å². The minimum atomic E-state index is -1.89. The highest BCUT2D eigenvalue weighted by atomic mass is 28.3. The van der Waals surface area contributed by atoms with Gasteiger partial charge in [0.15, 0.2) is 8.24 Å². The molecule has 2 aromatic heterocycles. The molecule has 0 radical (unpaired) electrons. The lowest BCUT2D eigenvalue weighted by atomic mass is 9.97. The van der Waals surface area contributed by atoms with Crippen LogP contribution in [0.2, 0.25) is 16.6 Å². The summed E-state index contributed by atoms with van der Waals surface area (Å²) in [6.45, 7) is 15.1. The predicted molar refractivity (Wildman–Crippen MR) is 178 cm³/mol. The number of benzene rings is 3. The number of fused-ring (bicyclic) bond motifs is 1. The zero-order chi connectivity index (χ0) is 29.9. The van der Waals surface area contributed by atoms with Crippen molar-refractivity contribution in [3.8, 4) is 22.6 Å². The molecule has 0 aliphatic rings. The molecule has 0 N–H and O–H groups in total. The summed E-state index contributed by atoms with van der Waals surface area (Å²) in [4.78, 5) is 4.34. The van der Waals surface area contributed by atoms with Gasteiger partial charge in [0.1, 0.15) is 18.1 Å². The van der Waals surface area contributed by atoms with Gasteiger partial charge in [-0.2, -0.15) is 0 Å². The monoisotopic (exact) mass is 576 g/mol. The van der Waals surface area contributed by atoms with Crippen LogP contribution in [-0.4, -0.2) is 24.6 Å². The van der Waals surface area contributed by atoms with Crippen LogP contribution >= 0.6 is 0 Å². The second kappa shape index (κ2) is 12.6. The van der Waals surface area contributed by atoms with E-state index in [1.807, 2.05) is 30.6 Å². The van der Waals surface area contributed by atoms with E-state index in [0.29, 0.717) is 23.2 Å². The second-order valence-corrected chi connectivity index (χ2v) is 18.0. The lowest BCUT2D eigenvalue weighted by Gasteiger charge is -2.44. The Morgan fingerprint density at radius 3 is 2.12 bits per heavy atom. The van der Waals surface area contributed by atoms with Crippen LogP contribution in [0.15, 0.2) is 97.5 Å². The maximum atomic E-state index is 6.42. The van der Waals surface area contributed by atoms with E-state index in [4.69, 9.17) is 9.47 Å². The number of rotatable bonds is 11. The minimum Gasteiger partial charge on any atom is -0.497 e. The molecule has 5 aromatic rings. The molecule has 4 nitrogen and oxygen atoms in total. The van der Waals surface area contributed by atoms with E-state index in [1.165, 1.54) is 33.2 Å². The third kappa shape index (κ3) is 5.75. The quantitative estimate of drug-likeness (QED) is 0.147. The molecule has 0 aliphatic heterocycles. The average Bonchev–Trinajstić information content (AvgIpc) is 3.41. The van der Waals surface area contributed by atoms with Gasteiger partial charge in [-0.1, -0.05) is 77.9 Å². The molecular weight excluding hydrogens is 533 g/mol. The van der Waals surface area contributed by atoms with Gasteiger partial charge in [-0.05, 0) is 99.5 Å². The molecule has 0 saturated heterocycles. The third-order valence-corrected chi connectivity index (χ3v) is 15.7. The van der Waals surface area contributed by atoms with E-state index < -0.39 is 8.24 Å². The van der Waals surface area contributed by atoms with Gasteiger partial charge < -0.3 is 13.7 Å². The molecule has 0 saturated carbocycles. The van der Waals surface area contributed by atoms with Gasteiger partial charge in [0.25, 0.3) is 0 Å². The first-order valence-electron chi connectivity index (χ1n) is 15.1. The molecule has 0 aliphatic carbocycles. The van der Waals surface area contributed by atoms with Crippen LogP contribution in [0.5, 0.6) is 11.5 Å². The first-order valence-corrected chi connectivity index (χ1v) is 17.3. The van der Waals surface area contributed by atoms with Gasteiger partial charge in [-0.15, -0.1) is 0 Å². The molecule has 42 heavy (non-hydrogen) atoms. The third-order valence-electron chi connectivity index (χ3n) is 8.90. The molecule has 0 unspecified atom stereocenters.